The molecular weight excluding hydrogens is 354 g/mol. The van der Waals surface area contributed by atoms with Crippen molar-refractivity contribution in [3.05, 3.63) is 71.1 Å². The summed E-state index contributed by atoms with van der Waals surface area (Å²) in [5, 5.41) is 3.46. The Balaban J connectivity index is 1.69. The summed E-state index contributed by atoms with van der Waals surface area (Å²) in [7, 11) is 3.07. The number of methoxy groups -OCH3 is 2. The van der Waals surface area contributed by atoms with E-state index in [1.165, 1.54) is 7.11 Å². The van der Waals surface area contributed by atoms with Crippen LogP contribution in [0.2, 0.25) is 5.02 Å². The Hall–Kier alpha value is -2.99. The number of nitrogens with zero attached hydrogens (tertiary/aromatic N) is 2. The van der Waals surface area contributed by atoms with Gasteiger partial charge >= 0.3 is 0 Å². The molecule has 0 saturated heterocycles. The molecule has 7 heteroatoms. The summed E-state index contributed by atoms with van der Waals surface area (Å²) in [4.78, 5) is 16.6. The maximum atomic E-state index is 12.4. The lowest BCUT2D eigenvalue weighted by molar-refractivity contribution is 0.102. The van der Waals surface area contributed by atoms with Crippen molar-refractivity contribution < 1.29 is 14.3 Å². The lowest BCUT2D eigenvalue weighted by atomic mass is 10.2. The molecule has 0 aliphatic heterocycles. The van der Waals surface area contributed by atoms with E-state index in [9.17, 15) is 4.79 Å². The summed E-state index contributed by atoms with van der Waals surface area (Å²) >= 11 is 6.00. The molecule has 0 unspecified atom stereocenters. The van der Waals surface area contributed by atoms with Gasteiger partial charge in [0.1, 0.15) is 0 Å². The van der Waals surface area contributed by atoms with Crippen molar-refractivity contribution >= 4 is 23.3 Å². The van der Waals surface area contributed by atoms with Gasteiger partial charge in [0.2, 0.25) is 0 Å². The van der Waals surface area contributed by atoms with Crippen LogP contribution in [0.25, 0.3) is 0 Å². The number of hydrogen-bond acceptors (Lipinski definition) is 4. The highest BCUT2D eigenvalue weighted by Gasteiger charge is 2.12. The van der Waals surface area contributed by atoms with E-state index in [2.05, 4.69) is 10.3 Å². The Morgan fingerprint density at radius 2 is 1.96 bits per heavy atom. The minimum absolute atomic E-state index is 0.279. The van der Waals surface area contributed by atoms with Crippen molar-refractivity contribution in [1.29, 1.82) is 0 Å². The molecule has 0 radical (unpaired) electrons. The molecular formula is C19H18ClN3O3. The molecule has 1 aromatic heterocycles. The molecule has 26 heavy (non-hydrogen) atoms. The number of imidazole rings is 1. The number of carbonyl (C=O) groups excluding carboxylic acids is 1. The normalized spacial score (nSPS) is 10.4. The average molecular weight is 372 g/mol. The third-order valence-corrected chi connectivity index (χ3v) is 4.01. The van der Waals surface area contributed by atoms with Gasteiger partial charge in [-0.3, -0.25) is 4.79 Å². The Labute approximate surface area is 156 Å². The van der Waals surface area contributed by atoms with Crippen LogP contribution in [-0.2, 0) is 6.54 Å². The quantitative estimate of drug-likeness (QED) is 0.714. The molecule has 0 saturated carbocycles. The maximum Gasteiger partial charge on any atom is 0.256 e. The topological polar surface area (TPSA) is 65.4 Å². The van der Waals surface area contributed by atoms with Gasteiger partial charge < -0.3 is 19.4 Å². The van der Waals surface area contributed by atoms with Crippen molar-refractivity contribution in [2.75, 3.05) is 19.5 Å². The molecule has 3 aromatic rings. The fourth-order valence-corrected chi connectivity index (χ4v) is 2.74. The highest BCUT2D eigenvalue weighted by atomic mass is 35.5. The first-order valence-corrected chi connectivity index (χ1v) is 8.26. The van der Waals surface area contributed by atoms with Gasteiger partial charge in [-0.25, -0.2) is 4.98 Å². The Morgan fingerprint density at radius 1 is 1.15 bits per heavy atom. The monoisotopic (exact) mass is 371 g/mol. The highest BCUT2D eigenvalue weighted by molar-refractivity contribution is 6.30. The van der Waals surface area contributed by atoms with Gasteiger partial charge in [0, 0.05) is 23.3 Å². The number of benzene rings is 2. The molecule has 1 heterocycles. The van der Waals surface area contributed by atoms with Crippen molar-refractivity contribution in [2.45, 2.75) is 6.54 Å². The summed E-state index contributed by atoms with van der Waals surface area (Å²) in [6.07, 6.45) is 3.42. The highest BCUT2D eigenvalue weighted by Crippen LogP contribution is 2.27. The van der Waals surface area contributed by atoms with E-state index in [0.29, 0.717) is 34.4 Å². The van der Waals surface area contributed by atoms with Gasteiger partial charge in [0.15, 0.2) is 17.3 Å². The van der Waals surface area contributed by atoms with Crippen LogP contribution in [0.1, 0.15) is 15.9 Å². The van der Waals surface area contributed by atoms with Gasteiger partial charge in [-0.2, -0.15) is 0 Å². The van der Waals surface area contributed by atoms with E-state index in [0.717, 1.165) is 5.56 Å². The first-order valence-electron chi connectivity index (χ1n) is 7.88. The lowest BCUT2D eigenvalue weighted by Crippen LogP contribution is -2.12. The van der Waals surface area contributed by atoms with Crippen LogP contribution in [0, 0.1) is 0 Å². The van der Waals surface area contributed by atoms with Crippen LogP contribution in [0.5, 0.6) is 11.5 Å². The number of aromatic nitrogens is 2. The molecule has 134 valence electrons. The Morgan fingerprint density at radius 3 is 2.69 bits per heavy atom. The third kappa shape index (κ3) is 4.15. The van der Waals surface area contributed by atoms with Gasteiger partial charge in [-0.15, -0.1) is 0 Å². The zero-order chi connectivity index (χ0) is 18.5. The van der Waals surface area contributed by atoms with Crippen molar-refractivity contribution in [1.82, 2.24) is 9.55 Å². The molecule has 2 aromatic carbocycles. The SMILES string of the molecule is COc1ccc(C(=O)Nc2cn(Cc3cccc(Cl)c3)cn2)cc1OC. The molecule has 0 aliphatic carbocycles. The van der Waals surface area contributed by atoms with Crippen LogP contribution < -0.4 is 14.8 Å². The summed E-state index contributed by atoms with van der Waals surface area (Å²) in [6.45, 7) is 0.611. The summed E-state index contributed by atoms with van der Waals surface area (Å²) in [5.41, 5.74) is 1.50. The average Bonchev–Trinajstić information content (AvgIpc) is 3.07. The van der Waals surface area contributed by atoms with Gasteiger partial charge in [-0.1, -0.05) is 23.7 Å². The van der Waals surface area contributed by atoms with Crippen LogP contribution in [0.4, 0.5) is 5.82 Å². The fraction of sp³-hybridized carbons (Fsp3) is 0.158. The molecule has 1 N–H and O–H groups in total. The number of hydrogen-bond donors (Lipinski definition) is 1. The smallest absolute Gasteiger partial charge is 0.256 e. The van der Waals surface area contributed by atoms with Gasteiger partial charge in [0.25, 0.3) is 5.91 Å². The predicted octanol–water partition coefficient (Wildman–Crippen LogP) is 3.85. The first kappa shape index (κ1) is 17.8. The third-order valence-electron chi connectivity index (χ3n) is 3.77. The molecule has 0 aliphatic rings. The largest absolute Gasteiger partial charge is 0.493 e. The molecule has 1 amide bonds. The van der Waals surface area contributed by atoms with Crippen molar-refractivity contribution in [2.24, 2.45) is 0 Å². The van der Waals surface area contributed by atoms with Crippen molar-refractivity contribution in [3.8, 4) is 11.5 Å². The minimum Gasteiger partial charge on any atom is -0.493 e. The minimum atomic E-state index is -0.279. The van der Waals surface area contributed by atoms with E-state index >= 15 is 0 Å². The summed E-state index contributed by atoms with van der Waals surface area (Å²) in [6, 6.07) is 12.6. The molecule has 0 bridgehead atoms. The molecule has 0 spiro atoms. The number of ether oxygens (including phenoxy) is 2. The van der Waals surface area contributed by atoms with Crippen LogP contribution >= 0.6 is 11.6 Å². The second kappa shape index (κ2) is 7.93. The molecule has 3 rings (SSSR count). The predicted molar refractivity (Wildman–Crippen MR) is 100 cm³/mol. The first-order chi connectivity index (χ1) is 12.6. The Kier molecular flexibility index (Phi) is 5.43. The van der Waals surface area contributed by atoms with E-state index in [1.54, 1.807) is 37.8 Å². The number of rotatable bonds is 6. The van der Waals surface area contributed by atoms with Gasteiger partial charge in [-0.05, 0) is 35.9 Å². The lowest BCUT2D eigenvalue weighted by Gasteiger charge is -2.09. The molecule has 0 fully saturated rings. The van der Waals surface area contributed by atoms with E-state index in [4.69, 9.17) is 21.1 Å². The number of amides is 1. The fourth-order valence-electron chi connectivity index (χ4n) is 2.52. The van der Waals surface area contributed by atoms with E-state index < -0.39 is 0 Å². The van der Waals surface area contributed by atoms with E-state index in [-0.39, 0.29) is 5.91 Å². The summed E-state index contributed by atoms with van der Waals surface area (Å²) in [5.74, 6) is 1.24. The number of anilines is 1. The van der Waals surface area contributed by atoms with Crippen LogP contribution in [-0.4, -0.2) is 29.7 Å². The molecule has 0 atom stereocenters. The van der Waals surface area contributed by atoms with Gasteiger partial charge in [0.05, 0.1) is 20.5 Å². The second-order valence-electron chi connectivity index (χ2n) is 5.59. The van der Waals surface area contributed by atoms with Crippen LogP contribution in [0.15, 0.2) is 55.0 Å². The zero-order valence-electron chi connectivity index (χ0n) is 14.4. The maximum absolute atomic E-state index is 12.4. The Bertz CT molecular complexity index is 924. The van der Waals surface area contributed by atoms with Crippen molar-refractivity contribution in [3.63, 3.8) is 0 Å². The summed E-state index contributed by atoms with van der Waals surface area (Å²) < 4.78 is 12.3. The second-order valence-corrected chi connectivity index (χ2v) is 6.02. The molecule has 6 nitrogen and oxygen atoms in total. The number of carbonyl (C=O) groups is 1. The standard InChI is InChI=1S/C19H18ClN3O3/c1-25-16-7-6-14(9-17(16)26-2)19(24)22-18-11-23(12-21-18)10-13-4-3-5-15(20)8-13/h3-9,11-12H,10H2,1-2H3,(H,22,24). The zero-order valence-corrected chi connectivity index (χ0v) is 15.2. The van der Waals surface area contributed by atoms with Crippen LogP contribution in [0.3, 0.4) is 0 Å². The van der Waals surface area contributed by atoms with E-state index in [1.807, 2.05) is 28.8 Å². The number of halogens is 1. The number of nitrogens with one attached hydrogen (secondary N) is 1.